The van der Waals surface area contributed by atoms with Gasteiger partial charge in [-0.05, 0) is 27.4 Å². The number of nitrogens with zero attached hydrogens (tertiary/aromatic N) is 3. The van der Waals surface area contributed by atoms with E-state index in [0.29, 0.717) is 13.0 Å². The van der Waals surface area contributed by atoms with E-state index in [9.17, 15) is 0 Å². The lowest BCUT2D eigenvalue weighted by atomic mass is 10.2. The van der Waals surface area contributed by atoms with Crippen molar-refractivity contribution in [1.29, 1.82) is 0 Å². The van der Waals surface area contributed by atoms with Crippen LogP contribution in [0.5, 0.6) is 0 Å². The Hall–Kier alpha value is -2.33. The maximum Gasteiger partial charge on any atom is 0.261 e. The largest absolute Gasteiger partial charge is 0.407 e. The number of hydrogen-bond donors (Lipinski definition) is 0. The first kappa shape index (κ1) is 20.0. The third-order valence-corrected chi connectivity index (χ3v) is 9.57. The molecule has 0 spiro atoms. The van der Waals surface area contributed by atoms with E-state index in [2.05, 4.69) is 85.9 Å². The molecule has 1 atom stereocenters. The summed E-state index contributed by atoms with van der Waals surface area (Å²) in [4.78, 5) is 2.98. The second-order valence-electron chi connectivity index (χ2n) is 7.36. The van der Waals surface area contributed by atoms with Gasteiger partial charge in [0.05, 0.1) is 6.04 Å². The number of hydrogen-bond acceptors (Lipinski definition) is 2. The van der Waals surface area contributed by atoms with Gasteiger partial charge in [0.25, 0.3) is 8.32 Å². The Bertz CT molecular complexity index is 710. The summed E-state index contributed by atoms with van der Waals surface area (Å²) in [5.41, 5.74) is 8.87. The van der Waals surface area contributed by atoms with Crippen molar-refractivity contribution < 1.29 is 4.43 Å². The summed E-state index contributed by atoms with van der Waals surface area (Å²) in [6, 6.07) is 20.6. The van der Waals surface area contributed by atoms with Gasteiger partial charge in [-0.3, -0.25) is 0 Å². The molecule has 2 aromatic carbocycles. The molecule has 0 heterocycles. The summed E-state index contributed by atoms with van der Waals surface area (Å²) >= 11 is 0. The molecule has 0 aliphatic heterocycles. The van der Waals surface area contributed by atoms with Crippen LogP contribution >= 0.6 is 0 Å². The maximum atomic E-state index is 8.87. The topological polar surface area (TPSA) is 58.0 Å². The molecule has 0 saturated carbocycles. The smallest absolute Gasteiger partial charge is 0.261 e. The van der Waals surface area contributed by atoms with Gasteiger partial charge >= 0.3 is 0 Å². The van der Waals surface area contributed by atoms with Gasteiger partial charge in [0, 0.05) is 11.5 Å². The number of rotatable bonds is 8. The molecule has 0 fully saturated rings. The van der Waals surface area contributed by atoms with Crippen LogP contribution in [0.4, 0.5) is 0 Å². The van der Waals surface area contributed by atoms with Gasteiger partial charge in [-0.1, -0.05) is 92.6 Å². The summed E-state index contributed by atoms with van der Waals surface area (Å²) in [6.07, 6.45) is 2.37. The van der Waals surface area contributed by atoms with Gasteiger partial charge < -0.3 is 4.43 Å². The molecule has 0 aliphatic rings. The molecule has 2 aromatic rings. The fourth-order valence-corrected chi connectivity index (χ4v) is 7.99. The van der Waals surface area contributed by atoms with Gasteiger partial charge in [0.1, 0.15) is 0 Å². The molecule has 0 aliphatic carbocycles. The lowest BCUT2D eigenvalue weighted by molar-refractivity contribution is 0.272. The Morgan fingerprint density at radius 2 is 1.58 bits per heavy atom. The second kappa shape index (κ2) is 8.85. The fourth-order valence-electron chi connectivity index (χ4n) is 3.40. The van der Waals surface area contributed by atoms with Crippen molar-refractivity contribution >= 4 is 18.7 Å². The molecule has 26 heavy (non-hydrogen) atoms. The molecule has 2 rings (SSSR count). The van der Waals surface area contributed by atoms with Crippen molar-refractivity contribution in [1.82, 2.24) is 0 Å². The first-order chi connectivity index (χ1) is 12.5. The highest BCUT2D eigenvalue weighted by Gasteiger charge is 2.50. The zero-order chi connectivity index (χ0) is 19.0. The minimum atomic E-state index is -2.59. The Kier molecular flexibility index (Phi) is 6.81. The van der Waals surface area contributed by atoms with Crippen LogP contribution in [0.15, 0.2) is 78.4 Å². The van der Waals surface area contributed by atoms with E-state index in [1.807, 2.05) is 12.1 Å². The van der Waals surface area contributed by atoms with Crippen molar-refractivity contribution in [2.45, 2.75) is 38.3 Å². The molecule has 0 bridgehead atoms. The van der Waals surface area contributed by atoms with E-state index >= 15 is 0 Å². The lowest BCUT2D eigenvalue weighted by Gasteiger charge is -2.43. The summed E-state index contributed by atoms with van der Waals surface area (Å²) in [7, 11) is -2.59. The molecule has 0 unspecified atom stereocenters. The van der Waals surface area contributed by atoms with Crippen molar-refractivity contribution in [2.24, 2.45) is 5.11 Å². The average Bonchev–Trinajstić information content (AvgIpc) is 2.63. The summed E-state index contributed by atoms with van der Waals surface area (Å²) in [6.45, 7) is 10.8. The van der Waals surface area contributed by atoms with E-state index in [1.165, 1.54) is 10.4 Å². The minimum Gasteiger partial charge on any atom is -0.407 e. The second-order valence-corrected chi connectivity index (χ2v) is 11.7. The Labute approximate surface area is 157 Å². The first-order valence-corrected chi connectivity index (χ1v) is 10.8. The Morgan fingerprint density at radius 1 is 1.08 bits per heavy atom. The standard InChI is InChI=1S/C21H27N3OSi/c1-5-12-18(23-24-22)17-25-26(21(2,3)4,19-13-8-6-9-14-19)20-15-10-7-11-16-20/h5-11,13-16,18H,1,12,17H2,2-4H3/t18-/m0/s1. The summed E-state index contributed by atoms with van der Waals surface area (Å²) in [5, 5.41) is 6.24. The molecular weight excluding hydrogens is 338 g/mol. The molecule has 0 aromatic heterocycles. The van der Waals surface area contributed by atoms with Crippen LogP contribution in [-0.2, 0) is 4.43 Å². The number of benzene rings is 2. The third kappa shape index (κ3) is 4.25. The summed E-state index contributed by atoms with van der Waals surface area (Å²) < 4.78 is 6.76. The fraction of sp³-hybridized carbons (Fsp3) is 0.333. The molecule has 0 amide bonds. The van der Waals surface area contributed by atoms with E-state index in [0.717, 1.165) is 0 Å². The van der Waals surface area contributed by atoms with Crippen molar-refractivity contribution in [3.8, 4) is 0 Å². The Morgan fingerprint density at radius 3 is 1.96 bits per heavy atom. The maximum absolute atomic E-state index is 8.87. The van der Waals surface area contributed by atoms with Crippen LogP contribution in [0, 0.1) is 0 Å². The minimum absolute atomic E-state index is 0.0925. The SMILES string of the molecule is C=CC[C@@H](CO[Si](c1ccccc1)(c1ccccc1)C(C)(C)C)N=[N+]=[N-]. The molecule has 0 saturated heterocycles. The lowest BCUT2D eigenvalue weighted by Crippen LogP contribution is -2.67. The quantitative estimate of drug-likeness (QED) is 0.217. The normalized spacial score (nSPS) is 12.9. The van der Waals surface area contributed by atoms with Gasteiger partial charge in [0.2, 0.25) is 0 Å². The van der Waals surface area contributed by atoms with Crippen LogP contribution in [0.25, 0.3) is 10.4 Å². The first-order valence-electron chi connectivity index (χ1n) is 8.86. The van der Waals surface area contributed by atoms with Crippen LogP contribution in [0.3, 0.4) is 0 Å². The van der Waals surface area contributed by atoms with E-state index in [4.69, 9.17) is 9.96 Å². The molecule has 0 radical (unpaired) electrons. The highest BCUT2D eigenvalue weighted by atomic mass is 28.4. The van der Waals surface area contributed by atoms with Crippen LogP contribution in [0.1, 0.15) is 27.2 Å². The van der Waals surface area contributed by atoms with Crippen LogP contribution in [-0.4, -0.2) is 21.0 Å². The van der Waals surface area contributed by atoms with Gasteiger partial charge in [-0.25, -0.2) is 0 Å². The average molecular weight is 366 g/mol. The summed E-state index contributed by atoms with van der Waals surface area (Å²) in [5.74, 6) is 0. The van der Waals surface area contributed by atoms with Gasteiger partial charge in [-0.2, -0.15) is 0 Å². The van der Waals surface area contributed by atoms with Crippen molar-refractivity contribution in [2.75, 3.05) is 6.61 Å². The van der Waals surface area contributed by atoms with Crippen LogP contribution in [0.2, 0.25) is 5.04 Å². The predicted molar refractivity (Wildman–Crippen MR) is 111 cm³/mol. The molecule has 0 N–H and O–H groups in total. The van der Waals surface area contributed by atoms with Crippen molar-refractivity contribution in [3.63, 3.8) is 0 Å². The van der Waals surface area contributed by atoms with Gasteiger partial charge in [-0.15, -0.1) is 6.58 Å². The predicted octanol–water partition coefficient (Wildman–Crippen LogP) is 4.82. The van der Waals surface area contributed by atoms with E-state index in [1.54, 1.807) is 6.08 Å². The Balaban J connectivity index is 2.56. The highest BCUT2D eigenvalue weighted by molar-refractivity contribution is 6.99. The number of azide groups is 1. The van der Waals surface area contributed by atoms with Crippen LogP contribution < -0.4 is 10.4 Å². The zero-order valence-electron chi connectivity index (χ0n) is 15.8. The molecule has 5 heteroatoms. The van der Waals surface area contributed by atoms with Crippen molar-refractivity contribution in [3.05, 3.63) is 83.8 Å². The van der Waals surface area contributed by atoms with Gasteiger partial charge in [0.15, 0.2) is 0 Å². The molecular formula is C21H27N3OSi. The molecule has 4 nitrogen and oxygen atoms in total. The monoisotopic (exact) mass is 365 g/mol. The molecule has 136 valence electrons. The van der Waals surface area contributed by atoms with E-state index in [-0.39, 0.29) is 11.1 Å². The highest BCUT2D eigenvalue weighted by Crippen LogP contribution is 2.36. The van der Waals surface area contributed by atoms with E-state index < -0.39 is 8.32 Å². The zero-order valence-corrected chi connectivity index (χ0v) is 16.8. The third-order valence-electron chi connectivity index (χ3n) is 4.56.